The van der Waals surface area contributed by atoms with Crippen LogP contribution < -0.4 is 4.74 Å². The van der Waals surface area contributed by atoms with Crippen molar-refractivity contribution >= 4 is 50.5 Å². The summed E-state index contributed by atoms with van der Waals surface area (Å²) in [5.41, 5.74) is 0.00587. The molecular weight excluding hydrogens is 677 g/mol. The van der Waals surface area contributed by atoms with E-state index in [1.54, 1.807) is 12.5 Å². The minimum absolute atomic E-state index is 0.149. The molecular formula is C38H49Cl2N5O3S. The minimum atomic E-state index is -2.01. The molecule has 2 aromatic carbocycles. The second-order valence-electron chi connectivity index (χ2n) is 14.8. The lowest BCUT2D eigenvalue weighted by atomic mass is 9.71. The fourth-order valence-electron chi connectivity index (χ4n) is 6.93. The quantitative estimate of drug-likeness (QED) is 0.207. The Morgan fingerprint density at radius 3 is 2.12 bits per heavy atom. The lowest BCUT2D eigenvalue weighted by molar-refractivity contribution is 0.0959. The van der Waals surface area contributed by atoms with Gasteiger partial charge in [-0.1, -0.05) is 68.2 Å². The van der Waals surface area contributed by atoms with E-state index in [0.717, 1.165) is 36.8 Å². The van der Waals surface area contributed by atoms with Gasteiger partial charge in [0.15, 0.2) is 0 Å². The molecule has 2 amide bonds. The fraction of sp³-hybridized carbons (Fsp3) is 0.500. The van der Waals surface area contributed by atoms with E-state index in [4.69, 9.17) is 42.9 Å². The third kappa shape index (κ3) is 7.64. The van der Waals surface area contributed by atoms with Crippen LogP contribution in [0.25, 0.3) is 0 Å². The first-order chi connectivity index (χ1) is 23.0. The van der Waals surface area contributed by atoms with Gasteiger partial charge in [0, 0.05) is 46.8 Å². The van der Waals surface area contributed by atoms with Crippen LogP contribution in [0, 0.1) is 5.92 Å². The number of halogens is 2. The molecule has 3 aromatic rings. The number of carbonyl (C=O) groups excluding carboxylic acids is 1. The molecule has 0 spiro atoms. The van der Waals surface area contributed by atoms with Crippen molar-refractivity contribution in [2.24, 2.45) is 10.9 Å². The van der Waals surface area contributed by atoms with Gasteiger partial charge in [-0.05, 0) is 103 Å². The van der Waals surface area contributed by atoms with Gasteiger partial charge < -0.3 is 9.64 Å². The summed E-state index contributed by atoms with van der Waals surface area (Å²) in [6.07, 6.45) is 7.05. The van der Waals surface area contributed by atoms with E-state index < -0.39 is 20.6 Å². The summed E-state index contributed by atoms with van der Waals surface area (Å²) in [5.74, 6) is 6.36. The van der Waals surface area contributed by atoms with Crippen molar-refractivity contribution in [3.63, 3.8) is 0 Å². The van der Waals surface area contributed by atoms with Gasteiger partial charge in [-0.3, -0.25) is 14.1 Å². The number of hydrogen-bond acceptors (Lipinski definition) is 6. The Kier molecular flexibility index (Phi) is 10.8. The second-order valence-corrected chi connectivity index (χ2v) is 18.4. The topological polar surface area (TPSA) is 88.0 Å². The number of urea groups is 1. The first kappa shape index (κ1) is 37.1. The highest BCUT2D eigenvalue weighted by Gasteiger charge is 2.60. The summed E-state index contributed by atoms with van der Waals surface area (Å²) in [6.45, 7) is 13.8. The van der Waals surface area contributed by atoms with Crippen LogP contribution in [0.4, 0.5) is 4.79 Å². The Hall–Kier alpha value is -3.14. The summed E-state index contributed by atoms with van der Waals surface area (Å²) < 4.78 is 18.3. The molecule has 1 saturated heterocycles. The number of aromatic nitrogens is 2. The number of rotatable bonds is 9. The first-order valence-electron chi connectivity index (χ1n) is 17.0. The van der Waals surface area contributed by atoms with Gasteiger partial charge in [0.2, 0.25) is 5.88 Å². The highest BCUT2D eigenvalue weighted by atomic mass is 35.5. The van der Waals surface area contributed by atoms with Crippen molar-refractivity contribution in [2.45, 2.75) is 83.7 Å². The third-order valence-corrected chi connectivity index (χ3v) is 11.6. The van der Waals surface area contributed by atoms with Crippen molar-refractivity contribution in [3.05, 3.63) is 87.3 Å². The van der Waals surface area contributed by atoms with E-state index in [1.807, 2.05) is 65.3 Å². The summed E-state index contributed by atoms with van der Waals surface area (Å²) in [4.78, 5) is 34.1. The van der Waals surface area contributed by atoms with Crippen LogP contribution in [0.2, 0.25) is 10.0 Å². The molecule has 2 aliphatic heterocycles. The van der Waals surface area contributed by atoms with Crippen LogP contribution in [0.5, 0.6) is 5.88 Å². The molecule has 8 nitrogen and oxygen atoms in total. The lowest BCUT2D eigenvalue weighted by Gasteiger charge is -2.47. The van der Waals surface area contributed by atoms with Crippen molar-refractivity contribution in [1.29, 1.82) is 0 Å². The maximum absolute atomic E-state index is 15.2. The van der Waals surface area contributed by atoms with Crippen molar-refractivity contribution in [1.82, 2.24) is 19.8 Å². The molecule has 1 unspecified atom stereocenters. The molecule has 0 aliphatic carbocycles. The number of hydrogen-bond donors (Lipinski definition) is 0. The number of nitrogens with zero attached hydrogens (tertiary/aromatic N) is 5. The Balaban J connectivity index is 1.65. The highest BCUT2D eigenvalue weighted by Crippen LogP contribution is 2.54. The highest BCUT2D eigenvalue weighted by molar-refractivity contribution is 7.99. The number of carbonyl (C=O) groups is 1. The van der Waals surface area contributed by atoms with Crippen molar-refractivity contribution in [2.75, 3.05) is 31.7 Å². The van der Waals surface area contributed by atoms with Crippen LogP contribution in [0.3, 0.4) is 0 Å². The Bertz CT molecular complexity index is 1800. The Morgan fingerprint density at radius 2 is 1.59 bits per heavy atom. The molecule has 11 heteroatoms. The predicted molar refractivity (Wildman–Crippen MR) is 203 cm³/mol. The zero-order chi connectivity index (χ0) is 35.8. The molecule has 0 saturated carbocycles. The Morgan fingerprint density at radius 1 is 1.02 bits per heavy atom. The normalized spacial score (nSPS) is 22.9. The van der Waals surface area contributed by atoms with Gasteiger partial charge in [0.1, 0.15) is 22.7 Å². The van der Waals surface area contributed by atoms with Crippen LogP contribution in [-0.4, -0.2) is 73.4 Å². The number of ether oxygens (including phenoxy) is 1. The summed E-state index contributed by atoms with van der Waals surface area (Å²) in [7, 11) is -2.01. The van der Waals surface area contributed by atoms with E-state index >= 15 is 4.79 Å². The van der Waals surface area contributed by atoms with Crippen LogP contribution >= 0.6 is 23.2 Å². The van der Waals surface area contributed by atoms with Crippen molar-refractivity contribution in [3.8, 4) is 5.88 Å². The molecule has 264 valence electrons. The summed E-state index contributed by atoms with van der Waals surface area (Å²) in [6, 6.07) is 15.1. The predicted octanol–water partition coefficient (Wildman–Crippen LogP) is 8.33. The van der Waals surface area contributed by atoms with Crippen LogP contribution in [0.1, 0.15) is 89.7 Å². The maximum Gasteiger partial charge on any atom is 0.326 e. The van der Waals surface area contributed by atoms with Crippen molar-refractivity contribution < 1.29 is 13.7 Å². The zero-order valence-corrected chi connectivity index (χ0v) is 32.1. The minimum Gasteiger partial charge on any atom is -0.477 e. The van der Waals surface area contributed by atoms with Gasteiger partial charge in [-0.2, -0.15) is 4.98 Å². The third-order valence-electron chi connectivity index (χ3n) is 9.96. The summed E-state index contributed by atoms with van der Waals surface area (Å²) in [5, 5.41) is 1.21. The fourth-order valence-corrected chi connectivity index (χ4v) is 7.96. The van der Waals surface area contributed by atoms with Gasteiger partial charge in [-0.15, -0.1) is 0 Å². The second kappa shape index (κ2) is 14.2. The van der Waals surface area contributed by atoms with E-state index in [9.17, 15) is 4.21 Å². The smallest absolute Gasteiger partial charge is 0.326 e. The molecule has 49 heavy (non-hydrogen) atoms. The molecule has 3 atom stereocenters. The van der Waals surface area contributed by atoms with Gasteiger partial charge in [0.05, 0.1) is 12.2 Å². The molecule has 5 rings (SSSR count). The molecule has 0 radical (unpaired) electrons. The molecule has 1 aromatic heterocycles. The molecule has 2 aliphatic rings. The van der Waals surface area contributed by atoms with Gasteiger partial charge in [0.25, 0.3) is 0 Å². The molecule has 1 fully saturated rings. The number of aliphatic imine (C=N–C) groups is 1. The molecule has 3 heterocycles. The molecule has 0 N–H and O–H groups in total. The van der Waals surface area contributed by atoms with E-state index in [2.05, 4.69) is 40.5 Å². The standard InChI is InChI=1S/C38H49Cl2N5O3S/c1-9-48-33-31(25-41-34(42-33)36(2,3)4)32-43-37(5,27-12-16-29(39)17-13-27)38(6,28-14-18-30(40)19-15-28)45(32)35(46)44-22-20-26(21-23-44)11-10-24-49(7,8)47/h12-19,25-26H,7,9-11,20-24H2,1-6,8H3/t37-,38+,49?/m0/s1. The SMILES string of the molecule is C=S(C)(=O)CCCC1CCN(C(=O)N2C(c3cnc(C(C)(C)C)nc3OCC)=N[C@@](C)(c3ccc(Cl)cc3)[C@@]2(C)c2ccc(Cl)cc2)CC1. The van der Waals surface area contributed by atoms with E-state index in [-0.39, 0.29) is 11.4 Å². The molecule has 0 bridgehead atoms. The maximum atomic E-state index is 15.2. The zero-order valence-electron chi connectivity index (χ0n) is 29.8. The largest absolute Gasteiger partial charge is 0.477 e. The number of benzene rings is 2. The van der Waals surface area contributed by atoms with Gasteiger partial charge in [-0.25, -0.2) is 9.78 Å². The number of likely N-dealkylation sites (tertiary alicyclic amines) is 1. The average molecular weight is 727 g/mol. The van der Waals surface area contributed by atoms with Gasteiger partial charge >= 0.3 is 6.03 Å². The summed E-state index contributed by atoms with van der Waals surface area (Å²) >= 11 is 12.8. The Labute approximate surface area is 302 Å². The number of piperidine rings is 1. The van der Waals surface area contributed by atoms with Crippen LogP contribution in [0.15, 0.2) is 59.7 Å². The number of amides is 2. The van der Waals surface area contributed by atoms with E-state index in [1.165, 1.54) is 0 Å². The lowest BCUT2D eigenvalue weighted by Crippen LogP contribution is -2.59. The number of amidine groups is 1. The van der Waals surface area contributed by atoms with Crippen LogP contribution in [-0.2, 0) is 26.0 Å². The average Bonchev–Trinajstić information content (AvgIpc) is 3.28. The monoisotopic (exact) mass is 725 g/mol. The van der Waals surface area contributed by atoms with E-state index in [0.29, 0.717) is 64.5 Å². The first-order valence-corrected chi connectivity index (χ1v) is 20.1.